The van der Waals surface area contributed by atoms with E-state index >= 15 is 0 Å². The predicted octanol–water partition coefficient (Wildman–Crippen LogP) is 5.76. The Morgan fingerprint density at radius 1 is 1.14 bits per heavy atom. The van der Waals surface area contributed by atoms with Crippen LogP contribution in [0.15, 0.2) is 36.4 Å². The zero-order chi connectivity index (χ0) is 20.3. The third-order valence-electron chi connectivity index (χ3n) is 3.96. The molecule has 1 N–H and O–H groups in total. The van der Waals surface area contributed by atoms with Gasteiger partial charge in [0, 0.05) is 21.5 Å². The number of hydrogen-bond donors (Lipinski definition) is 1. The van der Waals surface area contributed by atoms with Crippen molar-refractivity contribution in [2.75, 3.05) is 19.0 Å². The van der Waals surface area contributed by atoms with Crippen LogP contribution in [0.2, 0.25) is 10.0 Å². The second-order valence-electron chi connectivity index (χ2n) is 6.02. The quantitative estimate of drug-likeness (QED) is 0.533. The molecular weight excluding hydrogens is 419 g/mol. The molecule has 28 heavy (non-hydrogen) atoms. The minimum atomic E-state index is -0.331. The van der Waals surface area contributed by atoms with Crippen molar-refractivity contribution in [3.8, 4) is 22.8 Å². The second kappa shape index (κ2) is 8.82. The zero-order valence-electron chi connectivity index (χ0n) is 15.5. The average molecular weight is 437 g/mol. The van der Waals surface area contributed by atoms with Gasteiger partial charge in [0.15, 0.2) is 11.7 Å². The minimum absolute atomic E-state index is 0.199. The van der Waals surface area contributed by atoms with Gasteiger partial charge in [0.1, 0.15) is 11.5 Å². The molecule has 8 heteroatoms. The molecule has 5 nitrogen and oxygen atoms in total. The van der Waals surface area contributed by atoms with Crippen LogP contribution in [0.1, 0.15) is 10.4 Å². The van der Waals surface area contributed by atoms with Crippen molar-refractivity contribution in [2.45, 2.75) is 13.8 Å². The predicted molar refractivity (Wildman–Crippen MR) is 114 cm³/mol. The lowest BCUT2D eigenvalue weighted by Gasteiger charge is -2.08. The number of benzene rings is 2. The Hall–Kier alpha value is -2.28. The first-order valence-corrected chi connectivity index (χ1v) is 9.94. The fourth-order valence-corrected chi connectivity index (χ4v) is 3.82. The highest BCUT2D eigenvalue weighted by molar-refractivity contribution is 7.16. The molecule has 0 radical (unpaired) electrons. The summed E-state index contributed by atoms with van der Waals surface area (Å²) in [6.45, 7) is 3.74. The summed E-state index contributed by atoms with van der Waals surface area (Å²) in [6, 6.07) is 10.7. The van der Waals surface area contributed by atoms with Gasteiger partial charge in [-0.25, -0.2) is 4.98 Å². The third kappa shape index (κ3) is 4.76. The van der Waals surface area contributed by atoms with E-state index in [2.05, 4.69) is 10.3 Å². The Kier molecular flexibility index (Phi) is 6.44. The molecule has 1 amide bonds. The first-order chi connectivity index (χ1) is 13.4. The van der Waals surface area contributed by atoms with Gasteiger partial charge in [-0.2, -0.15) is 0 Å². The molecular formula is C20H18Cl2N2O3S. The van der Waals surface area contributed by atoms with Crippen LogP contribution >= 0.6 is 34.5 Å². The number of carbonyl (C=O) groups is 1. The highest BCUT2D eigenvalue weighted by atomic mass is 35.5. The second-order valence-corrected chi connectivity index (χ2v) is 8.07. The van der Waals surface area contributed by atoms with Crippen molar-refractivity contribution in [2.24, 2.45) is 0 Å². The molecule has 0 saturated carbocycles. The topological polar surface area (TPSA) is 60.5 Å². The third-order valence-corrected chi connectivity index (χ3v) is 5.40. The van der Waals surface area contributed by atoms with Crippen molar-refractivity contribution >= 4 is 45.6 Å². The number of rotatable bonds is 6. The molecule has 0 aliphatic rings. The van der Waals surface area contributed by atoms with Crippen LogP contribution in [0.25, 0.3) is 11.3 Å². The zero-order valence-corrected chi connectivity index (χ0v) is 17.8. The van der Waals surface area contributed by atoms with Crippen molar-refractivity contribution in [3.63, 3.8) is 0 Å². The number of amides is 1. The number of hydrogen-bond acceptors (Lipinski definition) is 5. The number of nitrogens with one attached hydrogen (secondary N) is 1. The lowest BCUT2D eigenvalue weighted by atomic mass is 10.1. The molecule has 0 aliphatic carbocycles. The highest BCUT2D eigenvalue weighted by Gasteiger charge is 2.14. The molecule has 2 aromatic carbocycles. The molecule has 0 fully saturated rings. The normalized spacial score (nSPS) is 10.6. The summed E-state index contributed by atoms with van der Waals surface area (Å²) in [7, 11) is 1.64. The van der Waals surface area contributed by atoms with E-state index in [0.29, 0.717) is 20.9 Å². The maximum Gasteiger partial charge on any atom is 0.264 e. The number of nitrogens with zero attached hydrogens (tertiary/aromatic N) is 1. The molecule has 1 aromatic heterocycles. The first-order valence-electron chi connectivity index (χ1n) is 8.37. The Balaban J connectivity index is 1.68. The van der Waals surface area contributed by atoms with E-state index in [9.17, 15) is 4.79 Å². The van der Waals surface area contributed by atoms with Crippen LogP contribution < -0.4 is 14.8 Å². The maximum absolute atomic E-state index is 12.2. The van der Waals surface area contributed by atoms with E-state index in [1.807, 2.05) is 32.0 Å². The number of anilines is 1. The van der Waals surface area contributed by atoms with E-state index in [0.717, 1.165) is 27.4 Å². The molecule has 0 atom stereocenters. The highest BCUT2D eigenvalue weighted by Crippen LogP contribution is 2.33. The standard InChI is InChI=1S/C20H18Cl2N2O3S/c1-11-8-13(4-7-16(11)26-3)19-12(2)28-20(24-19)23-18(25)10-27-17-9-14(21)5-6-15(17)22/h4-9H,10H2,1-3H3,(H,23,24,25). The van der Waals surface area contributed by atoms with E-state index in [-0.39, 0.29) is 12.5 Å². The summed E-state index contributed by atoms with van der Waals surface area (Å²) in [6.07, 6.45) is 0. The summed E-state index contributed by atoms with van der Waals surface area (Å²) < 4.78 is 10.7. The molecule has 146 valence electrons. The van der Waals surface area contributed by atoms with Gasteiger partial charge in [0.05, 0.1) is 17.8 Å². The summed E-state index contributed by atoms with van der Waals surface area (Å²) >= 11 is 13.4. The largest absolute Gasteiger partial charge is 0.496 e. The lowest BCUT2D eigenvalue weighted by Crippen LogP contribution is -2.20. The fourth-order valence-electron chi connectivity index (χ4n) is 2.63. The summed E-state index contributed by atoms with van der Waals surface area (Å²) in [5.41, 5.74) is 2.81. The maximum atomic E-state index is 12.2. The van der Waals surface area contributed by atoms with Gasteiger partial charge in [-0.15, -0.1) is 11.3 Å². The van der Waals surface area contributed by atoms with Gasteiger partial charge in [-0.1, -0.05) is 23.2 Å². The van der Waals surface area contributed by atoms with E-state index in [1.165, 1.54) is 11.3 Å². The molecule has 0 aliphatic heterocycles. The van der Waals surface area contributed by atoms with Crippen molar-refractivity contribution < 1.29 is 14.3 Å². The molecule has 0 bridgehead atoms. The lowest BCUT2D eigenvalue weighted by molar-refractivity contribution is -0.118. The van der Waals surface area contributed by atoms with Crippen molar-refractivity contribution in [3.05, 3.63) is 56.9 Å². The smallest absolute Gasteiger partial charge is 0.264 e. The van der Waals surface area contributed by atoms with Crippen LogP contribution in [0, 0.1) is 13.8 Å². The first kappa shape index (κ1) is 20.5. The fraction of sp³-hybridized carbons (Fsp3) is 0.200. The van der Waals surface area contributed by atoms with Gasteiger partial charge in [-0.3, -0.25) is 10.1 Å². The number of ether oxygens (including phenoxy) is 2. The van der Waals surface area contributed by atoms with Crippen LogP contribution in [0.5, 0.6) is 11.5 Å². The minimum Gasteiger partial charge on any atom is -0.496 e. The van der Waals surface area contributed by atoms with Gasteiger partial charge in [0.2, 0.25) is 0 Å². The SMILES string of the molecule is COc1ccc(-c2nc(NC(=O)COc3cc(Cl)ccc3Cl)sc2C)cc1C. The van der Waals surface area contributed by atoms with Crippen molar-refractivity contribution in [1.82, 2.24) is 4.98 Å². The van der Waals surface area contributed by atoms with Gasteiger partial charge < -0.3 is 9.47 Å². The van der Waals surface area contributed by atoms with Gasteiger partial charge in [-0.05, 0) is 49.7 Å². The molecule has 0 unspecified atom stereocenters. The van der Waals surface area contributed by atoms with Crippen LogP contribution in [0.3, 0.4) is 0 Å². The summed E-state index contributed by atoms with van der Waals surface area (Å²) in [5, 5.41) is 4.13. The molecule has 3 rings (SSSR count). The number of aromatic nitrogens is 1. The van der Waals surface area contributed by atoms with Crippen LogP contribution in [-0.2, 0) is 4.79 Å². The number of halogens is 2. The molecule has 3 aromatic rings. The molecule has 0 saturated heterocycles. The van der Waals surface area contributed by atoms with Crippen LogP contribution in [0.4, 0.5) is 5.13 Å². The summed E-state index contributed by atoms with van der Waals surface area (Å²) in [5.74, 6) is 0.846. The molecule has 1 heterocycles. The van der Waals surface area contributed by atoms with Crippen molar-refractivity contribution in [1.29, 1.82) is 0 Å². The Labute approximate surface area is 177 Å². The number of methoxy groups -OCH3 is 1. The van der Waals surface area contributed by atoms with E-state index in [1.54, 1.807) is 25.3 Å². The van der Waals surface area contributed by atoms with Gasteiger partial charge >= 0.3 is 0 Å². The Morgan fingerprint density at radius 2 is 1.93 bits per heavy atom. The average Bonchev–Trinajstić information content (AvgIpc) is 3.02. The summed E-state index contributed by atoms with van der Waals surface area (Å²) in [4.78, 5) is 17.8. The van der Waals surface area contributed by atoms with E-state index in [4.69, 9.17) is 32.7 Å². The number of aryl methyl sites for hydroxylation is 2. The Morgan fingerprint density at radius 3 is 2.64 bits per heavy atom. The number of thiazole rings is 1. The van der Waals surface area contributed by atoms with Gasteiger partial charge in [0.25, 0.3) is 5.91 Å². The number of carbonyl (C=O) groups excluding carboxylic acids is 1. The van der Waals surface area contributed by atoms with E-state index < -0.39 is 0 Å². The monoisotopic (exact) mass is 436 g/mol. The van der Waals surface area contributed by atoms with Crippen LogP contribution in [-0.4, -0.2) is 24.6 Å². The molecule has 0 spiro atoms. The Bertz CT molecular complexity index is 1020.